The number of rotatable bonds is 5. The van der Waals surface area contributed by atoms with Gasteiger partial charge in [-0.3, -0.25) is 9.78 Å². The Morgan fingerprint density at radius 3 is 3.00 bits per heavy atom. The molecule has 31 heavy (non-hydrogen) atoms. The maximum atomic E-state index is 12.7. The highest BCUT2D eigenvalue weighted by molar-refractivity contribution is 6.31. The fourth-order valence-electron chi connectivity index (χ4n) is 4.01. The Morgan fingerprint density at radius 2 is 2.19 bits per heavy atom. The molecule has 1 saturated heterocycles. The molecule has 4 rings (SSSR count). The van der Waals surface area contributed by atoms with Crippen LogP contribution in [0.15, 0.2) is 48.8 Å². The summed E-state index contributed by atoms with van der Waals surface area (Å²) < 4.78 is 0. The highest BCUT2D eigenvalue weighted by Gasteiger charge is 2.28. The normalized spacial score (nSPS) is 16.3. The maximum Gasteiger partial charge on any atom is 0.317 e. The molecular formula is C23H26ClN5O2. The van der Waals surface area contributed by atoms with E-state index in [0.717, 1.165) is 41.5 Å². The Balaban J connectivity index is 1.31. The molecule has 1 atom stereocenters. The van der Waals surface area contributed by atoms with Crippen molar-refractivity contribution in [3.63, 3.8) is 0 Å². The smallest absolute Gasteiger partial charge is 0.317 e. The number of halogens is 1. The van der Waals surface area contributed by atoms with E-state index >= 15 is 0 Å². The monoisotopic (exact) mass is 439 g/mol. The largest absolute Gasteiger partial charge is 0.357 e. The van der Waals surface area contributed by atoms with E-state index in [1.165, 1.54) is 0 Å². The lowest BCUT2D eigenvalue weighted by Crippen LogP contribution is -2.52. The fourth-order valence-corrected chi connectivity index (χ4v) is 4.19. The molecule has 0 radical (unpaired) electrons. The predicted molar refractivity (Wildman–Crippen MR) is 121 cm³/mol. The first-order valence-corrected chi connectivity index (χ1v) is 10.8. The third-order valence-electron chi connectivity index (χ3n) is 5.76. The molecule has 7 nitrogen and oxygen atoms in total. The first kappa shape index (κ1) is 21.2. The number of nitrogens with one attached hydrogen (secondary N) is 2. The van der Waals surface area contributed by atoms with E-state index in [1.54, 1.807) is 24.3 Å². The van der Waals surface area contributed by atoms with E-state index in [1.807, 2.05) is 41.3 Å². The number of hydrogen-bond acceptors (Lipinski definition) is 3. The number of aromatic nitrogens is 2. The number of nitrogens with zero attached hydrogens (tertiary/aromatic N) is 3. The third kappa shape index (κ3) is 5.17. The minimum atomic E-state index is -0.150. The molecule has 2 N–H and O–H groups in total. The Kier molecular flexibility index (Phi) is 6.42. The van der Waals surface area contributed by atoms with Crippen molar-refractivity contribution in [2.45, 2.75) is 31.8 Å². The van der Waals surface area contributed by atoms with Crippen molar-refractivity contribution in [1.29, 1.82) is 0 Å². The molecule has 8 heteroatoms. The van der Waals surface area contributed by atoms with Gasteiger partial charge in [0.15, 0.2) is 0 Å². The SMILES string of the molecule is CN(C(=O)NCc1cc2cc(Cl)ccc2[nH]1)C1CCCN(C(=O)Cc2cccnc2)C1. The van der Waals surface area contributed by atoms with Crippen LogP contribution in [0.3, 0.4) is 0 Å². The predicted octanol–water partition coefficient (Wildman–Crippen LogP) is 3.59. The van der Waals surface area contributed by atoms with Gasteiger partial charge in [-0.05, 0) is 48.7 Å². The molecule has 1 aromatic carbocycles. The summed E-state index contributed by atoms with van der Waals surface area (Å²) >= 11 is 6.04. The van der Waals surface area contributed by atoms with Gasteiger partial charge in [0.25, 0.3) is 0 Å². The highest BCUT2D eigenvalue weighted by atomic mass is 35.5. The van der Waals surface area contributed by atoms with Crippen molar-refractivity contribution in [2.24, 2.45) is 0 Å². The second kappa shape index (κ2) is 9.39. The summed E-state index contributed by atoms with van der Waals surface area (Å²) in [5.41, 5.74) is 2.80. The molecule has 1 unspecified atom stereocenters. The molecule has 0 spiro atoms. The number of likely N-dealkylation sites (tertiary alicyclic amines) is 1. The first-order chi connectivity index (χ1) is 15.0. The van der Waals surface area contributed by atoms with Gasteiger partial charge in [-0.25, -0.2) is 4.79 Å². The third-order valence-corrected chi connectivity index (χ3v) is 6.00. The second-order valence-corrected chi connectivity index (χ2v) is 8.41. The van der Waals surface area contributed by atoms with Gasteiger partial charge in [0.05, 0.1) is 19.0 Å². The van der Waals surface area contributed by atoms with E-state index in [9.17, 15) is 9.59 Å². The maximum absolute atomic E-state index is 12.7. The topological polar surface area (TPSA) is 81.3 Å². The summed E-state index contributed by atoms with van der Waals surface area (Å²) in [5.74, 6) is 0.0724. The van der Waals surface area contributed by atoms with E-state index in [-0.39, 0.29) is 18.0 Å². The van der Waals surface area contributed by atoms with Gasteiger partial charge in [-0.15, -0.1) is 0 Å². The lowest BCUT2D eigenvalue weighted by Gasteiger charge is -2.37. The van der Waals surface area contributed by atoms with Crippen molar-refractivity contribution in [3.8, 4) is 0 Å². The van der Waals surface area contributed by atoms with Gasteiger partial charge in [0, 0.05) is 54.2 Å². The number of amides is 3. The van der Waals surface area contributed by atoms with Gasteiger partial charge in [-0.1, -0.05) is 17.7 Å². The molecule has 1 aliphatic heterocycles. The number of aromatic amines is 1. The number of benzene rings is 1. The van der Waals surface area contributed by atoms with Crippen molar-refractivity contribution in [1.82, 2.24) is 25.1 Å². The molecule has 3 amide bonds. The van der Waals surface area contributed by atoms with Crippen molar-refractivity contribution >= 4 is 34.4 Å². The van der Waals surface area contributed by atoms with Crippen molar-refractivity contribution < 1.29 is 9.59 Å². The fraction of sp³-hybridized carbons (Fsp3) is 0.348. The summed E-state index contributed by atoms with van der Waals surface area (Å²) in [7, 11) is 1.79. The molecule has 1 fully saturated rings. The lowest BCUT2D eigenvalue weighted by molar-refractivity contribution is -0.132. The number of piperidine rings is 1. The van der Waals surface area contributed by atoms with Crippen LogP contribution < -0.4 is 5.32 Å². The second-order valence-electron chi connectivity index (χ2n) is 7.97. The first-order valence-electron chi connectivity index (χ1n) is 10.4. The highest BCUT2D eigenvalue weighted by Crippen LogP contribution is 2.20. The number of carbonyl (C=O) groups excluding carboxylic acids is 2. The minimum absolute atomic E-state index is 0.00637. The minimum Gasteiger partial charge on any atom is -0.357 e. The van der Waals surface area contributed by atoms with Gasteiger partial charge in [0.1, 0.15) is 0 Å². The number of fused-ring (bicyclic) bond motifs is 1. The summed E-state index contributed by atoms with van der Waals surface area (Å²) in [4.78, 5) is 36.3. The standard InChI is InChI=1S/C23H26ClN5O2/c1-28(23(31)26-14-19-12-17-11-18(24)6-7-21(17)27-19)20-5-3-9-29(15-20)22(30)10-16-4-2-8-25-13-16/h2,4,6-8,11-13,20,27H,3,5,9-10,14-15H2,1H3,(H,26,31). The molecule has 2 aromatic heterocycles. The Bertz CT molecular complexity index is 1070. The zero-order valence-electron chi connectivity index (χ0n) is 17.5. The number of likely N-dealkylation sites (N-methyl/N-ethyl adjacent to an activating group) is 1. The van der Waals surface area contributed by atoms with Gasteiger partial charge in [0.2, 0.25) is 5.91 Å². The Morgan fingerprint density at radius 1 is 1.32 bits per heavy atom. The molecule has 1 aliphatic rings. The van der Waals surface area contributed by atoms with Crippen LogP contribution in [-0.4, -0.2) is 57.9 Å². The quantitative estimate of drug-likeness (QED) is 0.637. The van der Waals surface area contributed by atoms with Crippen LogP contribution in [0.1, 0.15) is 24.1 Å². The van der Waals surface area contributed by atoms with Gasteiger partial charge < -0.3 is 20.1 Å². The van der Waals surface area contributed by atoms with Crippen LogP contribution in [-0.2, 0) is 17.8 Å². The van der Waals surface area contributed by atoms with E-state index in [4.69, 9.17) is 11.6 Å². The number of H-pyrrole nitrogens is 1. The number of pyridine rings is 1. The molecule has 0 bridgehead atoms. The molecule has 3 heterocycles. The number of carbonyl (C=O) groups is 2. The zero-order valence-corrected chi connectivity index (χ0v) is 18.2. The molecule has 0 saturated carbocycles. The molecule has 162 valence electrons. The zero-order chi connectivity index (χ0) is 21.8. The molecule has 3 aromatic rings. The van der Waals surface area contributed by atoms with Crippen molar-refractivity contribution in [3.05, 3.63) is 65.1 Å². The lowest BCUT2D eigenvalue weighted by atomic mass is 10.0. The summed E-state index contributed by atoms with van der Waals surface area (Å²) in [6.07, 6.45) is 5.51. The van der Waals surface area contributed by atoms with Gasteiger partial charge in [-0.2, -0.15) is 0 Å². The summed E-state index contributed by atoms with van der Waals surface area (Å²) in [5, 5.41) is 4.66. The van der Waals surface area contributed by atoms with Crippen molar-refractivity contribution in [2.75, 3.05) is 20.1 Å². The average molecular weight is 440 g/mol. The number of urea groups is 1. The van der Waals surface area contributed by atoms with E-state index < -0.39 is 0 Å². The molecular weight excluding hydrogens is 414 g/mol. The Hall–Kier alpha value is -3.06. The average Bonchev–Trinajstić information content (AvgIpc) is 3.19. The van der Waals surface area contributed by atoms with E-state index in [0.29, 0.717) is 24.5 Å². The van der Waals surface area contributed by atoms with Crippen LogP contribution in [0.25, 0.3) is 10.9 Å². The van der Waals surface area contributed by atoms with Crippen LogP contribution in [0.4, 0.5) is 4.79 Å². The van der Waals surface area contributed by atoms with Crippen LogP contribution in [0, 0.1) is 0 Å². The Labute approximate surface area is 186 Å². The van der Waals surface area contributed by atoms with Crippen LogP contribution in [0.2, 0.25) is 5.02 Å². The van der Waals surface area contributed by atoms with Crippen LogP contribution in [0.5, 0.6) is 0 Å². The summed E-state index contributed by atoms with van der Waals surface area (Å²) in [6, 6.07) is 11.2. The number of hydrogen-bond donors (Lipinski definition) is 2. The van der Waals surface area contributed by atoms with E-state index in [2.05, 4.69) is 15.3 Å². The molecule has 0 aliphatic carbocycles. The van der Waals surface area contributed by atoms with Crippen LogP contribution >= 0.6 is 11.6 Å². The van der Waals surface area contributed by atoms with Gasteiger partial charge >= 0.3 is 6.03 Å². The summed E-state index contributed by atoms with van der Waals surface area (Å²) in [6.45, 7) is 1.67.